The number of benzene rings is 1. The second kappa shape index (κ2) is 7.21. The lowest BCUT2D eigenvalue weighted by Crippen LogP contribution is -2.28. The average molecular weight is 331 g/mol. The first kappa shape index (κ1) is 17.6. The van der Waals surface area contributed by atoms with Crippen molar-refractivity contribution in [3.63, 3.8) is 0 Å². The Balaban J connectivity index is 1.82. The fraction of sp³-hybridized carbons (Fsp3) is 0.562. The van der Waals surface area contributed by atoms with Crippen LogP contribution in [0.4, 0.5) is 13.2 Å². The summed E-state index contributed by atoms with van der Waals surface area (Å²) >= 11 is 0. The van der Waals surface area contributed by atoms with E-state index < -0.39 is 12.8 Å². The van der Waals surface area contributed by atoms with Crippen molar-refractivity contribution in [3.05, 3.63) is 29.8 Å². The molecule has 0 unspecified atom stereocenters. The molecule has 0 bridgehead atoms. The first-order valence-corrected chi connectivity index (χ1v) is 7.32. The molecule has 0 aromatic heterocycles. The third-order valence-electron chi connectivity index (χ3n) is 3.74. The molecular formula is C16H20F3NO3. The highest BCUT2D eigenvalue weighted by Gasteiger charge is 2.44. The number of methoxy groups -OCH3 is 1. The quantitative estimate of drug-likeness (QED) is 0.771. The summed E-state index contributed by atoms with van der Waals surface area (Å²) in [5, 5.41) is 0. The summed E-state index contributed by atoms with van der Waals surface area (Å²) in [6.45, 7) is -0.308. The Kier molecular flexibility index (Phi) is 5.51. The number of alkyl halides is 3. The summed E-state index contributed by atoms with van der Waals surface area (Å²) in [6.07, 6.45) is -3.50. The molecule has 0 saturated heterocycles. The van der Waals surface area contributed by atoms with Gasteiger partial charge in [0.15, 0.2) is 6.61 Å². The van der Waals surface area contributed by atoms with Gasteiger partial charge in [-0.25, -0.2) is 0 Å². The number of hydrogen-bond donors (Lipinski definition) is 0. The molecular weight excluding hydrogens is 311 g/mol. The summed E-state index contributed by atoms with van der Waals surface area (Å²) < 4.78 is 45.9. The van der Waals surface area contributed by atoms with Crippen LogP contribution in [0.1, 0.15) is 12.0 Å². The van der Waals surface area contributed by atoms with Crippen molar-refractivity contribution in [1.82, 2.24) is 4.90 Å². The van der Waals surface area contributed by atoms with E-state index >= 15 is 0 Å². The zero-order valence-corrected chi connectivity index (χ0v) is 13.1. The van der Waals surface area contributed by atoms with Gasteiger partial charge in [0.25, 0.3) is 0 Å². The molecule has 2 rings (SSSR count). The molecule has 1 amide bonds. The number of ether oxygens (including phenoxy) is 2. The van der Waals surface area contributed by atoms with E-state index in [2.05, 4.69) is 4.74 Å². The van der Waals surface area contributed by atoms with Gasteiger partial charge in [-0.15, -0.1) is 0 Å². The molecule has 4 nitrogen and oxygen atoms in total. The molecule has 1 saturated carbocycles. The minimum atomic E-state index is -4.35. The van der Waals surface area contributed by atoms with Gasteiger partial charge >= 0.3 is 6.18 Å². The van der Waals surface area contributed by atoms with E-state index in [1.807, 2.05) is 0 Å². The van der Waals surface area contributed by atoms with Crippen LogP contribution in [0.5, 0.6) is 5.75 Å². The van der Waals surface area contributed by atoms with E-state index in [9.17, 15) is 18.0 Å². The third-order valence-corrected chi connectivity index (χ3v) is 3.74. The van der Waals surface area contributed by atoms with Crippen molar-refractivity contribution in [3.8, 4) is 5.75 Å². The van der Waals surface area contributed by atoms with Crippen LogP contribution < -0.4 is 4.74 Å². The average Bonchev–Trinajstić information content (AvgIpc) is 3.24. The summed E-state index contributed by atoms with van der Waals surface area (Å²) in [5.41, 5.74) is 0.837. The number of rotatable bonds is 7. The summed E-state index contributed by atoms with van der Waals surface area (Å²) in [4.78, 5) is 13.8. The van der Waals surface area contributed by atoms with Crippen LogP contribution in [0.2, 0.25) is 0 Å². The Morgan fingerprint density at radius 2 is 1.96 bits per heavy atom. The van der Waals surface area contributed by atoms with Gasteiger partial charge in [-0.1, -0.05) is 12.1 Å². The smallest absolute Gasteiger partial charge is 0.422 e. The number of nitrogens with zero attached hydrogens (tertiary/aromatic N) is 1. The van der Waals surface area contributed by atoms with Gasteiger partial charge in [0, 0.05) is 33.2 Å². The molecule has 0 aliphatic heterocycles. The molecule has 0 heterocycles. The van der Waals surface area contributed by atoms with Crippen LogP contribution in [-0.2, 0) is 16.1 Å². The lowest BCUT2D eigenvalue weighted by atomic mass is 10.2. The van der Waals surface area contributed by atoms with Gasteiger partial charge < -0.3 is 14.4 Å². The maximum atomic E-state index is 12.2. The van der Waals surface area contributed by atoms with Crippen LogP contribution in [0.25, 0.3) is 0 Å². The standard InChI is InChI=1S/C16H20F3NO3/c1-20(15(21)14-7-12(14)9-22-2)8-11-3-5-13(6-4-11)23-10-16(17,18)19/h3-6,12,14H,7-10H2,1-2H3/t12-,14+/m0/s1. The monoisotopic (exact) mass is 331 g/mol. The molecule has 0 radical (unpaired) electrons. The molecule has 1 aliphatic rings. The topological polar surface area (TPSA) is 38.8 Å². The first-order valence-electron chi connectivity index (χ1n) is 7.32. The van der Waals surface area contributed by atoms with E-state index in [4.69, 9.17) is 4.74 Å². The van der Waals surface area contributed by atoms with Gasteiger partial charge in [0.05, 0.1) is 0 Å². The van der Waals surface area contributed by atoms with Gasteiger partial charge in [-0.05, 0) is 30.0 Å². The molecule has 0 N–H and O–H groups in total. The second-order valence-electron chi connectivity index (χ2n) is 5.80. The first-order chi connectivity index (χ1) is 10.8. The van der Waals surface area contributed by atoms with E-state index in [1.165, 1.54) is 12.1 Å². The van der Waals surface area contributed by atoms with Crippen molar-refractivity contribution in [2.75, 3.05) is 27.4 Å². The van der Waals surface area contributed by atoms with Gasteiger partial charge in [0.2, 0.25) is 5.91 Å². The van der Waals surface area contributed by atoms with Gasteiger partial charge in [0.1, 0.15) is 5.75 Å². The molecule has 1 aromatic carbocycles. The molecule has 7 heteroatoms. The normalized spacial score (nSPS) is 20.2. The summed E-state index contributed by atoms with van der Waals surface area (Å²) in [5.74, 6) is 0.550. The van der Waals surface area contributed by atoms with E-state index in [0.717, 1.165) is 12.0 Å². The van der Waals surface area contributed by atoms with Crippen molar-refractivity contribution >= 4 is 5.91 Å². The molecule has 1 aliphatic carbocycles. The number of carbonyl (C=O) groups excluding carboxylic acids is 1. The molecule has 128 valence electrons. The predicted octanol–water partition coefficient (Wildman–Crippen LogP) is 2.87. The number of hydrogen-bond acceptors (Lipinski definition) is 3. The Morgan fingerprint density at radius 3 is 2.52 bits per heavy atom. The Labute approximate surface area is 133 Å². The Bertz CT molecular complexity index is 530. The Morgan fingerprint density at radius 1 is 1.30 bits per heavy atom. The van der Waals surface area contributed by atoms with Crippen LogP contribution in [0.3, 0.4) is 0 Å². The number of carbonyl (C=O) groups is 1. The molecule has 0 spiro atoms. The zero-order chi connectivity index (χ0) is 17.0. The molecule has 23 heavy (non-hydrogen) atoms. The minimum absolute atomic E-state index is 0.0225. The van der Waals surface area contributed by atoms with Crippen molar-refractivity contribution in [2.45, 2.75) is 19.1 Å². The van der Waals surface area contributed by atoms with Crippen LogP contribution in [0.15, 0.2) is 24.3 Å². The SMILES string of the molecule is COC[C@@H]1C[C@H]1C(=O)N(C)Cc1ccc(OCC(F)(F)F)cc1. The fourth-order valence-corrected chi connectivity index (χ4v) is 2.44. The number of amides is 1. The van der Waals surface area contributed by atoms with E-state index in [0.29, 0.717) is 19.1 Å². The molecule has 1 fully saturated rings. The summed E-state index contributed by atoms with van der Waals surface area (Å²) in [6, 6.07) is 6.28. The highest BCUT2D eigenvalue weighted by molar-refractivity contribution is 5.81. The van der Waals surface area contributed by atoms with E-state index in [1.54, 1.807) is 31.2 Å². The van der Waals surface area contributed by atoms with Gasteiger partial charge in [-0.3, -0.25) is 4.79 Å². The predicted molar refractivity (Wildman–Crippen MR) is 77.9 cm³/mol. The second-order valence-corrected chi connectivity index (χ2v) is 5.80. The van der Waals surface area contributed by atoms with Crippen LogP contribution in [-0.4, -0.2) is 44.4 Å². The lowest BCUT2D eigenvalue weighted by molar-refractivity contribution is -0.153. The molecule has 1 aromatic rings. The molecule has 2 atom stereocenters. The van der Waals surface area contributed by atoms with Crippen molar-refractivity contribution in [2.24, 2.45) is 11.8 Å². The lowest BCUT2D eigenvalue weighted by Gasteiger charge is -2.18. The maximum absolute atomic E-state index is 12.2. The number of halogens is 3. The zero-order valence-electron chi connectivity index (χ0n) is 13.1. The highest BCUT2D eigenvalue weighted by Crippen LogP contribution is 2.40. The van der Waals surface area contributed by atoms with Gasteiger partial charge in [-0.2, -0.15) is 13.2 Å². The van der Waals surface area contributed by atoms with Crippen LogP contribution >= 0.6 is 0 Å². The summed E-state index contributed by atoms with van der Waals surface area (Å²) in [7, 11) is 3.34. The van der Waals surface area contributed by atoms with Crippen molar-refractivity contribution < 1.29 is 27.4 Å². The maximum Gasteiger partial charge on any atom is 0.422 e. The fourth-order valence-electron chi connectivity index (χ4n) is 2.44. The van der Waals surface area contributed by atoms with Crippen LogP contribution in [0, 0.1) is 11.8 Å². The van der Waals surface area contributed by atoms with Crippen molar-refractivity contribution in [1.29, 1.82) is 0 Å². The Hall–Kier alpha value is -1.76. The largest absolute Gasteiger partial charge is 0.484 e. The highest BCUT2D eigenvalue weighted by atomic mass is 19.4. The third kappa shape index (κ3) is 5.42. The minimum Gasteiger partial charge on any atom is -0.484 e. The van der Waals surface area contributed by atoms with E-state index in [-0.39, 0.29) is 17.6 Å².